The number of rotatable bonds is 2. The summed E-state index contributed by atoms with van der Waals surface area (Å²) < 4.78 is 0. The van der Waals surface area contributed by atoms with Gasteiger partial charge in [-0.1, -0.05) is 17.7 Å². The summed E-state index contributed by atoms with van der Waals surface area (Å²) in [7, 11) is 0. The van der Waals surface area contributed by atoms with Crippen molar-refractivity contribution in [3.63, 3.8) is 0 Å². The summed E-state index contributed by atoms with van der Waals surface area (Å²) in [6, 6.07) is 10.1. The number of nitrogen functional groups attached to an aromatic ring is 1. The van der Waals surface area contributed by atoms with Crippen LogP contribution in [0.1, 0.15) is 10.4 Å². The van der Waals surface area contributed by atoms with Gasteiger partial charge in [0.15, 0.2) is 0 Å². The van der Waals surface area contributed by atoms with Gasteiger partial charge < -0.3 is 11.1 Å². The highest BCUT2D eigenvalue weighted by Crippen LogP contribution is 2.15. The summed E-state index contributed by atoms with van der Waals surface area (Å²) in [5.74, 6) is 0.129. The van der Waals surface area contributed by atoms with Crippen molar-refractivity contribution in [1.82, 2.24) is 4.98 Å². The zero-order valence-corrected chi connectivity index (χ0v) is 9.61. The Morgan fingerprint density at radius 3 is 2.76 bits per heavy atom. The largest absolute Gasteiger partial charge is 0.384 e. The number of anilines is 2. The monoisotopic (exact) mass is 247 g/mol. The average molecular weight is 248 g/mol. The molecule has 1 aromatic heterocycles. The molecule has 0 aliphatic rings. The summed E-state index contributed by atoms with van der Waals surface area (Å²) in [5.41, 5.74) is 6.52. The maximum absolute atomic E-state index is 11.8. The summed E-state index contributed by atoms with van der Waals surface area (Å²) in [5, 5.41) is 3.28. The Morgan fingerprint density at radius 2 is 2.12 bits per heavy atom. The smallest absolute Gasteiger partial charge is 0.257 e. The molecule has 2 aromatic rings. The number of hydrogen-bond donors (Lipinski definition) is 2. The van der Waals surface area contributed by atoms with E-state index in [4.69, 9.17) is 17.3 Å². The molecule has 0 saturated heterocycles. The Balaban J connectivity index is 2.14. The fourth-order valence-electron chi connectivity index (χ4n) is 1.31. The third kappa shape index (κ3) is 2.95. The molecule has 1 amide bonds. The number of nitrogens with one attached hydrogen (secondary N) is 1. The van der Waals surface area contributed by atoms with Crippen molar-refractivity contribution >= 4 is 29.0 Å². The molecule has 86 valence electrons. The lowest BCUT2D eigenvalue weighted by Gasteiger charge is -2.05. The molecular formula is C12H10ClN3O. The van der Waals surface area contributed by atoms with Gasteiger partial charge in [-0.15, -0.1) is 0 Å². The SMILES string of the molecule is Nc1ccc(C(=O)Nc2cccc(Cl)c2)cn1. The molecule has 4 nitrogen and oxygen atoms in total. The van der Waals surface area contributed by atoms with E-state index in [-0.39, 0.29) is 5.91 Å². The van der Waals surface area contributed by atoms with Gasteiger partial charge in [0.25, 0.3) is 5.91 Å². The molecule has 0 saturated carbocycles. The molecule has 0 spiro atoms. The summed E-state index contributed by atoms with van der Waals surface area (Å²) in [4.78, 5) is 15.7. The van der Waals surface area contributed by atoms with Crippen LogP contribution in [-0.2, 0) is 0 Å². The fraction of sp³-hybridized carbons (Fsp3) is 0. The lowest BCUT2D eigenvalue weighted by atomic mass is 10.2. The second-order valence-electron chi connectivity index (χ2n) is 3.44. The lowest BCUT2D eigenvalue weighted by Crippen LogP contribution is -2.12. The normalized spacial score (nSPS) is 9.94. The van der Waals surface area contributed by atoms with Crippen LogP contribution in [0.3, 0.4) is 0 Å². The van der Waals surface area contributed by atoms with E-state index in [9.17, 15) is 4.79 Å². The van der Waals surface area contributed by atoms with Crippen LogP contribution in [0.4, 0.5) is 11.5 Å². The van der Waals surface area contributed by atoms with Gasteiger partial charge in [-0.3, -0.25) is 4.79 Å². The minimum Gasteiger partial charge on any atom is -0.384 e. The van der Waals surface area contributed by atoms with Crippen LogP contribution in [0, 0.1) is 0 Å². The van der Waals surface area contributed by atoms with Gasteiger partial charge in [0.1, 0.15) is 5.82 Å². The molecule has 2 rings (SSSR count). The van der Waals surface area contributed by atoms with Gasteiger partial charge in [0.05, 0.1) is 5.56 Å². The van der Waals surface area contributed by atoms with E-state index < -0.39 is 0 Å². The summed E-state index contributed by atoms with van der Waals surface area (Å²) >= 11 is 5.81. The van der Waals surface area contributed by atoms with E-state index in [1.165, 1.54) is 6.20 Å². The molecule has 3 N–H and O–H groups in total. The Bertz CT molecular complexity index is 540. The highest BCUT2D eigenvalue weighted by atomic mass is 35.5. The van der Waals surface area contributed by atoms with E-state index in [2.05, 4.69) is 10.3 Å². The number of nitrogens with two attached hydrogens (primary N) is 1. The zero-order chi connectivity index (χ0) is 12.3. The van der Waals surface area contributed by atoms with E-state index >= 15 is 0 Å². The molecule has 1 heterocycles. The molecule has 0 bridgehead atoms. The standard InChI is InChI=1S/C12H10ClN3O/c13-9-2-1-3-10(6-9)16-12(17)8-4-5-11(14)15-7-8/h1-7H,(H2,14,15)(H,16,17). The predicted molar refractivity (Wildman–Crippen MR) is 68.1 cm³/mol. The molecule has 1 aromatic carbocycles. The van der Waals surface area contributed by atoms with Crippen LogP contribution in [0.5, 0.6) is 0 Å². The zero-order valence-electron chi connectivity index (χ0n) is 8.85. The first-order valence-electron chi connectivity index (χ1n) is 4.93. The molecule has 0 fully saturated rings. The second kappa shape index (κ2) is 4.84. The van der Waals surface area contributed by atoms with Crippen molar-refractivity contribution in [2.45, 2.75) is 0 Å². The first-order valence-corrected chi connectivity index (χ1v) is 5.31. The van der Waals surface area contributed by atoms with Crippen LogP contribution in [-0.4, -0.2) is 10.9 Å². The van der Waals surface area contributed by atoms with Crippen molar-refractivity contribution < 1.29 is 4.79 Å². The van der Waals surface area contributed by atoms with E-state index in [0.29, 0.717) is 22.1 Å². The minimum atomic E-state index is -0.250. The molecule has 5 heteroatoms. The van der Waals surface area contributed by atoms with Crippen LogP contribution in [0.15, 0.2) is 42.6 Å². The number of aromatic nitrogens is 1. The molecule has 0 aliphatic heterocycles. The predicted octanol–water partition coefficient (Wildman–Crippen LogP) is 2.57. The number of nitrogens with zero attached hydrogens (tertiary/aromatic N) is 1. The average Bonchev–Trinajstić information content (AvgIpc) is 2.29. The number of hydrogen-bond acceptors (Lipinski definition) is 3. The third-order valence-electron chi connectivity index (χ3n) is 2.13. The van der Waals surface area contributed by atoms with Crippen LogP contribution < -0.4 is 11.1 Å². The quantitative estimate of drug-likeness (QED) is 0.857. The number of pyridine rings is 1. The maximum Gasteiger partial charge on any atom is 0.257 e. The van der Waals surface area contributed by atoms with Gasteiger partial charge >= 0.3 is 0 Å². The van der Waals surface area contributed by atoms with Crippen LogP contribution >= 0.6 is 11.6 Å². The van der Waals surface area contributed by atoms with E-state index in [0.717, 1.165) is 0 Å². The number of carbonyl (C=O) groups is 1. The maximum atomic E-state index is 11.8. The Morgan fingerprint density at radius 1 is 1.29 bits per heavy atom. The Hall–Kier alpha value is -2.07. The van der Waals surface area contributed by atoms with Gasteiger partial charge in [-0.2, -0.15) is 0 Å². The first-order chi connectivity index (χ1) is 8.15. The highest BCUT2D eigenvalue weighted by molar-refractivity contribution is 6.30. The molecule has 17 heavy (non-hydrogen) atoms. The van der Waals surface area contributed by atoms with Crippen LogP contribution in [0.2, 0.25) is 5.02 Å². The molecule has 0 aliphatic carbocycles. The molecule has 0 unspecified atom stereocenters. The second-order valence-corrected chi connectivity index (χ2v) is 3.87. The van der Waals surface area contributed by atoms with Crippen LogP contribution in [0.25, 0.3) is 0 Å². The van der Waals surface area contributed by atoms with Crippen molar-refractivity contribution in [3.05, 3.63) is 53.2 Å². The van der Waals surface area contributed by atoms with E-state index in [1.807, 2.05) is 0 Å². The number of halogens is 1. The van der Waals surface area contributed by atoms with Crippen molar-refractivity contribution in [1.29, 1.82) is 0 Å². The van der Waals surface area contributed by atoms with Gasteiger partial charge in [-0.05, 0) is 30.3 Å². The lowest BCUT2D eigenvalue weighted by molar-refractivity contribution is 0.102. The van der Waals surface area contributed by atoms with Gasteiger partial charge in [-0.25, -0.2) is 4.98 Å². The molecular weight excluding hydrogens is 238 g/mol. The number of benzene rings is 1. The Kier molecular flexibility index (Phi) is 3.25. The van der Waals surface area contributed by atoms with Crippen molar-refractivity contribution in [2.24, 2.45) is 0 Å². The Labute approximate surface area is 103 Å². The molecule has 0 atom stereocenters. The fourth-order valence-corrected chi connectivity index (χ4v) is 1.50. The third-order valence-corrected chi connectivity index (χ3v) is 2.37. The van der Waals surface area contributed by atoms with Crippen molar-refractivity contribution in [2.75, 3.05) is 11.1 Å². The molecule has 0 radical (unpaired) electrons. The van der Waals surface area contributed by atoms with Gasteiger partial charge in [0.2, 0.25) is 0 Å². The first kappa shape index (κ1) is 11.4. The summed E-state index contributed by atoms with van der Waals surface area (Å²) in [6.07, 6.45) is 1.43. The van der Waals surface area contributed by atoms with E-state index in [1.54, 1.807) is 36.4 Å². The highest BCUT2D eigenvalue weighted by Gasteiger charge is 2.06. The summed E-state index contributed by atoms with van der Waals surface area (Å²) in [6.45, 7) is 0. The van der Waals surface area contributed by atoms with Crippen molar-refractivity contribution in [3.8, 4) is 0 Å². The topological polar surface area (TPSA) is 68.0 Å². The minimum absolute atomic E-state index is 0.250. The van der Waals surface area contributed by atoms with Gasteiger partial charge in [0, 0.05) is 16.9 Å². The number of carbonyl (C=O) groups excluding carboxylic acids is 1. The number of amides is 1.